The van der Waals surface area contributed by atoms with Crippen LogP contribution < -0.4 is 5.32 Å². The first-order chi connectivity index (χ1) is 8.70. The van der Waals surface area contributed by atoms with Gasteiger partial charge < -0.3 is 10.3 Å². The van der Waals surface area contributed by atoms with E-state index in [2.05, 4.69) is 22.2 Å². The van der Waals surface area contributed by atoms with Crippen molar-refractivity contribution < 1.29 is 4.79 Å². The van der Waals surface area contributed by atoms with Gasteiger partial charge in [-0.15, -0.1) is 0 Å². The second-order valence-electron chi connectivity index (χ2n) is 4.53. The molecule has 2 rings (SSSR count). The van der Waals surface area contributed by atoms with E-state index < -0.39 is 0 Å². The Labute approximate surface area is 107 Å². The molecule has 0 saturated carbocycles. The van der Waals surface area contributed by atoms with E-state index >= 15 is 0 Å². The summed E-state index contributed by atoms with van der Waals surface area (Å²) in [6, 6.07) is 7.78. The molecule has 1 aromatic heterocycles. The number of aromatic nitrogens is 2. The van der Waals surface area contributed by atoms with Crippen LogP contribution in [-0.4, -0.2) is 15.9 Å². The number of hydrogen-bond acceptors (Lipinski definition) is 2. The third-order valence-corrected chi connectivity index (χ3v) is 2.95. The summed E-state index contributed by atoms with van der Waals surface area (Å²) in [5, 5.41) is 2.96. The number of para-hydroxylation sites is 2. The molecule has 0 unspecified atom stereocenters. The topological polar surface area (TPSA) is 57.8 Å². The molecular weight excluding hydrogens is 226 g/mol. The summed E-state index contributed by atoms with van der Waals surface area (Å²) >= 11 is 0. The number of amides is 1. The van der Waals surface area contributed by atoms with E-state index in [1.807, 2.05) is 31.2 Å². The van der Waals surface area contributed by atoms with Crippen molar-refractivity contribution in [3.8, 4) is 0 Å². The summed E-state index contributed by atoms with van der Waals surface area (Å²) in [6.07, 6.45) is 2.55. The minimum absolute atomic E-state index is 0.0817. The Morgan fingerprint density at radius 1 is 1.44 bits per heavy atom. The van der Waals surface area contributed by atoms with Crippen LogP contribution in [0, 0.1) is 0 Å². The Morgan fingerprint density at radius 2 is 2.22 bits per heavy atom. The molecule has 0 radical (unpaired) electrons. The molecule has 1 aromatic carbocycles. The first-order valence-corrected chi connectivity index (χ1v) is 6.44. The molecule has 0 fully saturated rings. The molecule has 4 nitrogen and oxygen atoms in total. The third-order valence-electron chi connectivity index (χ3n) is 2.95. The van der Waals surface area contributed by atoms with E-state index in [0.29, 0.717) is 6.42 Å². The quantitative estimate of drug-likeness (QED) is 0.851. The molecule has 4 heteroatoms. The minimum Gasteiger partial charge on any atom is -0.346 e. The predicted molar refractivity (Wildman–Crippen MR) is 72.2 cm³/mol. The van der Waals surface area contributed by atoms with Crippen LogP contribution in [0.1, 0.15) is 45.0 Å². The highest BCUT2D eigenvalue weighted by atomic mass is 16.1. The van der Waals surface area contributed by atoms with Gasteiger partial charge >= 0.3 is 0 Å². The van der Waals surface area contributed by atoms with Crippen LogP contribution in [0.15, 0.2) is 24.3 Å². The molecule has 0 bridgehead atoms. The zero-order valence-corrected chi connectivity index (χ0v) is 10.9. The van der Waals surface area contributed by atoms with Gasteiger partial charge in [0.2, 0.25) is 5.91 Å². The van der Waals surface area contributed by atoms with E-state index in [-0.39, 0.29) is 11.9 Å². The van der Waals surface area contributed by atoms with Gasteiger partial charge in [-0.2, -0.15) is 0 Å². The molecule has 1 amide bonds. The summed E-state index contributed by atoms with van der Waals surface area (Å²) in [5.74, 6) is 0.894. The smallest absolute Gasteiger partial charge is 0.220 e. The molecule has 96 valence electrons. The molecule has 2 aromatic rings. The molecular formula is C14H19N3O. The molecule has 18 heavy (non-hydrogen) atoms. The SMILES string of the molecule is CCCCC(=O)N[C@H](C)c1nc2ccccc2[nH]1. The molecule has 0 spiro atoms. The highest BCUT2D eigenvalue weighted by Crippen LogP contribution is 2.15. The number of aromatic amines is 1. The Morgan fingerprint density at radius 3 is 2.94 bits per heavy atom. The lowest BCUT2D eigenvalue weighted by atomic mass is 10.2. The maximum atomic E-state index is 11.6. The molecule has 0 aliphatic rings. The zero-order chi connectivity index (χ0) is 13.0. The highest BCUT2D eigenvalue weighted by Gasteiger charge is 2.12. The fraction of sp³-hybridized carbons (Fsp3) is 0.429. The number of hydrogen-bond donors (Lipinski definition) is 2. The van der Waals surface area contributed by atoms with Gasteiger partial charge in [0.05, 0.1) is 17.1 Å². The fourth-order valence-corrected chi connectivity index (χ4v) is 1.90. The van der Waals surface area contributed by atoms with Gasteiger partial charge in [-0.3, -0.25) is 4.79 Å². The average Bonchev–Trinajstić information content (AvgIpc) is 2.80. The highest BCUT2D eigenvalue weighted by molar-refractivity contribution is 5.77. The van der Waals surface area contributed by atoms with Gasteiger partial charge in [0.1, 0.15) is 5.82 Å². The second-order valence-corrected chi connectivity index (χ2v) is 4.53. The number of rotatable bonds is 5. The van der Waals surface area contributed by atoms with Crippen molar-refractivity contribution in [3.05, 3.63) is 30.1 Å². The number of carbonyl (C=O) groups is 1. The molecule has 0 aliphatic heterocycles. The molecule has 0 saturated heterocycles. The minimum atomic E-state index is -0.0817. The first-order valence-electron chi connectivity index (χ1n) is 6.44. The van der Waals surface area contributed by atoms with Crippen molar-refractivity contribution in [2.45, 2.75) is 39.2 Å². The summed E-state index contributed by atoms with van der Waals surface area (Å²) in [6.45, 7) is 4.03. The van der Waals surface area contributed by atoms with Gasteiger partial charge in [0, 0.05) is 6.42 Å². The number of benzene rings is 1. The van der Waals surface area contributed by atoms with Crippen molar-refractivity contribution in [1.82, 2.24) is 15.3 Å². The van der Waals surface area contributed by atoms with Crippen LogP contribution in [0.4, 0.5) is 0 Å². The molecule has 1 heterocycles. The Balaban J connectivity index is 2.04. The summed E-state index contributed by atoms with van der Waals surface area (Å²) in [7, 11) is 0. The summed E-state index contributed by atoms with van der Waals surface area (Å²) in [5.41, 5.74) is 1.93. The van der Waals surface area contributed by atoms with Gasteiger partial charge in [0.25, 0.3) is 0 Å². The largest absolute Gasteiger partial charge is 0.346 e. The van der Waals surface area contributed by atoms with Crippen LogP contribution in [0.25, 0.3) is 11.0 Å². The number of nitrogens with one attached hydrogen (secondary N) is 2. The fourth-order valence-electron chi connectivity index (χ4n) is 1.90. The number of H-pyrrole nitrogens is 1. The first kappa shape index (κ1) is 12.6. The Hall–Kier alpha value is -1.84. The van der Waals surface area contributed by atoms with Crippen LogP contribution in [0.3, 0.4) is 0 Å². The monoisotopic (exact) mass is 245 g/mol. The van der Waals surface area contributed by atoms with Crippen molar-refractivity contribution in [2.75, 3.05) is 0 Å². The number of nitrogens with zero attached hydrogens (tertiary/aromatic N) is 1. The van der Waals surface area contributed by atoms with Crippen LogP contribution >= 0.6 is 0 Å². The van der Waals surface area contributed by atoms with E-state index in [1.165, 1.54) is 0 Å². The molecule has 2 N–H and O–H groups in total. The van der Waals surface area contributed by atoms with Crippen LogP contribution in [0.2, 0.25) is 0 Å². The standard InChI is InChI=1S/C14H19N3O/c1-3-4-9-13(18)15-10(2)14-16-11-7-5-6-8-12(11)17-14/h5-8,10H,3-4,9H2,1-2H3,(H,15,18)(H,16,17)/t10-/m1/s1. The van der Waals surface area contributed by atoms with E-state index in [9.17, 15) is 4.79 Å². The maximum Gasteiger partial charge on any atom is 0.220 e. The third kappa shape index (κ3) is 2.88. The summed E-state index contributed by atoms with van der Waals surface area (Å²) in [4.78, 5) is 19.4. The lowest BCUT2D eigenvalue weighted by Gasteiger charge is -2.10. The zero-order valence-electron chi connectivity index (χ0n) is 10.9. The van der Waals surface area contributed by atoms with Gasteiger partial charge in [-0.25, -0.2) is 4.98 Å². The van der Waals surface area contributed by atoms with Crippen molar-refractivity contribution >= 4 is 16.9 Å². The van der Waals surface area contributed by atoms with Crippen molar-refractivity contribution in [2.24, 2.45) is 0 Å². The van der Waals surface area contributed by atoms with Crippen LogP contribution in [0.5, 0.6) is 0 Å². The number of carbonyl (C=O) groups excluding carboxylic acids is 1. The normalized spacial score (nSPS) is 12.6. The second kappa shape index (κ2) is 5.67. The predicted octanol–water partition coefficient (Wildman–Crippen LogP) is 2.93. The Bertz CT molecular complexity index is 500. The van der Waals surface area contributed by atoms with Gasteiger partial charge in [-0.05, 0) is 25.5 Å². The van der Waals surface area contributed by atoms with Crippen LogP contribution in [-0.2, 0) is 4.79 Å². The lowest BCUT2D eigenvalue weighted by molar-refractivity contribution is -0.121. The lowest BCUT2D eigenvalue weighted by Crippen LogP contribution is -2.26. The van der Waals surface area contributed by atoms with E-state index in [4.69, 9.17) is 0 Å². The van der Waals surface area contributed by atoms with E-state index in [0.717, 1.165) is 29.7 Å². The maximum absolute atomic E-state index is 11.6. The van der Waals surface area contributed by atoms with Gasteiger partial charge in [-0.1, -0.05) is 25.5 Å². The number of fused-ring (bicyclic) bond motifs is 1. The summed E-state index contributed by atoms with van der Waals surface area (Å²) < 4.78 is 0. The number of unbranched alkanes of at least 4 members (excludes halogenated alkanes) is 1. The molecule has 1 atom stereocenters. The van der Waals surface area contributed by atoms with Crippen molar-refractivity contribution in [1.29, 1.82) is 0 Å². The molecule has 0 aliphatic carbocycles. The average molecular weight is 245 g/mol. The van der Waals surface area contributed by atoms with Crippen molar-refractivity contribution in [3.63, 3.8) is 0 Å². The number of imidazole rings is 1. The van der Waals surface area contributed by atoms with Gasteiger partial charge in [0.15, 0.2) is 0 Å². The Kier molecular flexibility index (Phi) is 3.97. The van der Waals surface area contributed by atoms with E-state index in [1.54, 1.807) is 0 Å².